The molecule has 2 aromatic carbocycles. The third-order valence-corrected chi connectivity index (χ3v) is 5.28. The summed E-state index contributed by atoms with van der Waals surface area (Å²) in [5.74, 6) is 0.733. The first-order chi connectivity index (χ1) is 12.1. The molecule has 1 atom stereocenters. The van der Waals surface area contributed by atoms with E-state index in [1.54, 1.807) is 7.11 Å². The van der Waals surface area contributed by atoms with Crippen molar-refractivity contribution in [2.75, 3.05) is 13.7 Å². The van der Waals surface area contributed by atoms with Gasteiger partial charge in [-0.1, -0.05) is 55.3 Å². The van der Waals surface area contributed by atoms with E-state index in [9.17, 15) is 4.79 Å². The summed E-state index contributed by atoms with van der Waals surface area (Å²) in [7, 11) is 1.68. The predicted octanol–water partition coefficient (Wildman–Crippen LogP) is 3.75. The molecule has 3 rings (SSSR count). The average Bonchev–Trinajstić information content (AvgIpc) is 3.16. The zero-order valence-electron chi connectivity index (χ0n) is 15.1. The largest absolute Gasteiger partial charge is 0.497 e. The van der Waals surface area contributed by atoms with Gasteiger partial charge in [0.2, 0.25) is 5.91 Å². The third-order valence-electron chi connectivity index (χ3n) is 5.28. The highest BCUT2D eigenvalue weighted by Gasteiger charge is 2.36. The first kappa shape index (κ1) is 20.3. The Morgan fingerprint density at radius 1 is 1.15 bits per heavy atom. The van der Waals surface area contributed by atoms with Crippen LogP contribution >= 0.6 is 12.4 Å². The molecule has 0 spiro atoms. The number of methoxy groups -OCH3 is 1. The minimum Gasteiger partial charge on any atom is -0.497 e. The van der Waals surface area contributed by atoms with Gasteiger partial charge < -0.3 is 15.8 Å². The van der Waals surface area contributed by atoms with Crippen LogP contribution in [0.4, 0.5) is 0 Å². The van der Waals surface area contributed by atoms with Gasteiger partial charge >= 0.3 is 0 Å². The van der Waals surface area contributed by atoms with Gasteiger partial charge in [0, 0.05) is 12.0 Å². The lowest BCUT2D eigenvalue weighted by atomic mass is 9.78. The van der Waals surface area contributed by atoms with Crippen LogP contribution in [0, 0.1) is 0 Å². The Balaban J connectivity index is 0.00000243. The number of amides is 1. The number of ether oxygens (including phenoxy) is 1. The fourth-order valence-electron chi connectivity index (χ4n) is 3.75. The highest BCUT2D eigenvalue weighted by atomic mass is 35.5. The quantitative estimate of drug-likeness (QED) is 0.809. The molecule has 0 saturated heterocycles. The van der Waals surface area contributed by atoms with Gasteiger partial charge in [-0.15, -0.1) is 12.4 Å². The highest BCUT2D eigenvalue weighted by Crippen LogP contribution is 2.41. The SMILES string of the molecule is COc1cccc(C2(CNC(=O)C(N)c3ccccc3)CCCC2)c1.Cl. The topological polar surface area (TPSA) is 64.3 Å². The molecule has 0 heterocycles. The Hall–Kier alpha value is -2.04. The normalized spacial score (nSPS) is 16.4. The summed E-state index contributed by atoms with van der Waals surface area (Å²) in [5, 5.41) is 3.09. The zero-order valence-corrected chi connectivity index (χ0v) is 15.9. The van der Waals surface area contributed by atoms with E-state index in [1.165, 1.54) is 18.4 Å². The summed E-state index contributed by atoms with van der Waals surface area (Å²) >= 11 is 0. The Morgan fingerprint density at radius 3 is 2.50 bits per heavy atom. The van der Waals surface area contributed by atoms with E-state index in [2.05, 4.69) is 17.4 Å². The van der Waals surface area contributed by atoms with Crippen LogP contribution in [0.3, 0.4) is 0 Å². The Kier molecular flexibility index (Phi) is 7.06. The van der Waals surface area contributed by atoms with E-state index in [-0.39, 0.29) is 23.7 Å². The lowest BCUT2D eigenvalue weighted by Crippen LogP contribution is -2.42. The van der Waals surface area contributed by atoms with Crippen molar-refractivity contribution >= 4 is 18.3 Å². The minimum absolute atomic E-state index is 0. The number of nitrogens with one attached hydrogen (secondary N) is 1. The molecule has 1 fully saturated rings. The molecule has 1 aliphatic rings. The number of rotatable bonds is 6. The van der Waals surface area contributed by atoms with Crippen molar-refractivity contribution in [3.8, 4) is 5.75 Å². The second kappa shape index (κ2) is 9.06. The maximum absolute atomic E-state index is 12.5. The first-order valence-corrected chi connectivity index (χ1v) is 8.87. The average molecular weight is 375 g/mol. The van der Waals surface area contributed by atoms with Gasteiger partial charge in [-0.2, -0.15) is 0 Å². The molecule has 1 saturated carbocycles. The standard InChI is InChI=1S/C21H26N2O2.ClH/c1-25-18-11-7-10-17(14-18)21(12-5-6-13-21)15-23-20(24)19(22)16-8-3-2-4-9-16;/h2-4,7-11,14,19H,5-6,12-13,15,22H2,1H3,(H,23,24);1H. The van der Waals surface area contributed by atoms with Crippen LogP contribution in [0.15, 0.2) is 54.6 Å². The molecule has 3 N–H and O–H groups in total. The summed E-state index contributed by atoms with van der Waals surface area (Å²) in [5.41, 5.74) is 8.16. The lowest BCUT2D eigenvalue weighted by molar-refractivity contribution is -0.122. The van der Waals surface area contributed by atoms with Crippen molar-refractivity contribution in [1.82, 2.24) is 5.32 Å². The number of carbonyl (C=O) groups excluding carboxylic acids is 1. The monoisotopic (exact) mass is 374 g/mol. The van der Waals surface area contributed by atoms with Crippen LogP contribution in [0.5, 0.6) is 5.75 Å². The van der Waals surface area contributed by atoms with Gasteiger partial charge in [-0.3, -0.25) is 4.79 Å². The summed E-state index contributed by atoms with van der Waals surface area (Å²) in [4.78, 5) is 12.5. The van der Waals surface area contributed by atoms with E-state index in [0.717, 1.165) is 24.2 Å². The third kappa shape index (κ3) is 4.37. The molecule has 0 aliphatic heterocycles. The summed E-state index contributed by atoms with van der Waals surface area (Å²) < 4.78 is 5.37. The maximum Gasteiger partial charge on any atom is 0.241 e. The minimum atomic E-state index is -0.634. The molecule has 0 bridgehead atoms. The molecule has 0 aromatic heterocycles. The van der Waals surface area contributed by atoms with Gasteiger partial charge in [0.05, 0.1) is 7.11 Å². The van der Waals surface area contributed by atoms with Crippen molar-refractivity contribution in [1.29, 1.82) is 0 Å². The molecule has 1 amide bonds. The fourth-order valence-corrected chi connectivity index (χ4v) is 3.75. The van der Waals surface area contributed by atoms with Crippen molar-refractivity contribution in [2.24, 2.45) is 5.73 Å². The van der Waals surface area contributed by atoms with E-state index in [4.69, 9.17) is 10.5 Å². The van der Waals surface area contributed by atoms with Crippen LogP contribution in [-0.4, -0.2) is 19.6 Å². The Labute approximate surface area is 161 Å². The second-order valence-corrected chi connectivity index (χ2v) is 6.83. The first-order valence-electron chi connectivity index (χ1n) is 8.87. The van der Waals surface area contributed by atoms with Gasteiger partial charge in [-0.05, 0) is 36.1 Å². The molecule has 4 nitrogen and oxygen atoms in total. The van der Waals surface area contributed by atoms with E-state index in [1.807, 2.05) is 42.5 Å². The van der Waals surface area contributed by atoms with Crippen molar-refractivity contribution in [3.63, 3.8) is 0 Å². The van der Waals surface area contributed by atoms with Crippen LogP contribution in [0.25, 0.3) is 0 Å². The molecule has 0 radical (unpaired) electrons. The van der Waals surface area contributed by atoms with Crippen molar-refractivity contribution in [2.45, 2.75) is 37.1 Å². The molecular weight excluding hydrogens is 348 g/mol. The van der Waals surface area contributed by atoms with E-state index in [0.29, 0.717) is 6.54 Å². The fraction of sp³-hybridized carbons (Fsp3) is 0.381. The van der Waals surface area contributed by atoms with Crippen molar-refractivity contribution < 1.29 is 9.53 Å². The molecule has 5 heteroatoms. The molecule has 26 heavy (non-hydrogen) atoms. The number of hydrogen-bond donors (Lipinski definition) is 2. The zero-order chi connectivity index (χ0) is 17.7. The highest BCUT2D eigenvalue weighted by molar-refractivity contribution is 5.85. The number of carbonyl (C=O) groups is 1. The van der Waals surface area contributed by atoms with Crippen LogP contribution in [0.1, 0.15) is 42.9 Å². The number of nitrogens with two attached hydrogens (primary N) is 1. The predicted molar refractivity (Wildman–Crippen MR) is 107 cm³/mol. The van der Waals surface area contributed by atoms with E-state index >= 15 is 0 Å². The molecule has 1 unspecified atom stereocenters. The second-order valence-electron chi connectivity index (χ2n) is 6.83. The number of hydrogen-bond acceptors (Lipinski definition) is 3. The van der Waals surface area contributed by atoms with Gasteiger partial charge in [0.15, 0.2) is 0 Å². The smallest absolute Gasteiger partial charge is 0.241 e. The van der Waals surface area contributed by atoms with Crippen LogP contribution in [-0.2, 0) is 10.2 Å². The van der Waals surface area contributed by atoms with Crippen LogP contribution < -0.4 is 15.8 Å². The van der Waals surface area contributed by atoms with Crippen LogP contribution in [0.2, 0.25) is 0 Å². The van der Waals surface area contributed by atoms with Gasteiger partial charge in [0.25, 0.3) is 0 Å². The van der Waals surface area contributed by atoms with Crippen molar-refractivity contribution in [3.05, 3.63) is 65.7 Å². The molecular formula is C21H27ClN2O2. The molecule has 1 aliphatic carbocycles. The summed E-state index contributed by atoms with van der Waals surface area (Å²) in [6.45, 7) is 0.611. The van der Waals surface area contributed by atoms with Gasteiger partial charge in [0.1, 0.15) is 11.8 Å². The number of benzene rings is 2. The summed E-state index contributed by atoms with van der Waals surface area (Å²) in [6, 6.07) is 17.1. The Bertz CT molecular complexity index is 715. The molecule has 140 valence electrons. The lowest BCUT2D eigenvalue weighted by Gasteiger charge is -2.31. The molecule has 2 aromatic rings. The summed E-state index contributed by atoms with van der Waals surface area (Å²) in [6.07, 6.45) is 4.50. The Morgan fingerprint density at radius 2 is 1.85 bits per heavy atom. The van der Waals surface area contributed by atoms with E-state index < -0.39 is 6.04 Å². The van der Waals surface area contributed by atoms with Gasteiger partial charge in [-0.25, -0.2) is 0 Å². The maximum atomic E-state index is 12.5. The number of halogens is 1.